The minimum atomic E-state index is 0.600. The molecule has 4 nitrogen and oxygen atoms in total. The van der Waals surface area contributed by atoms with Crippen LogP contribution < -0.4 is 9.47 Å². The zero-order chi connectivity index (χ0) is 14.3. The standard InChI is InChI=1S/C15H22N2O2/c1-12-14(18-3)8-7-13(15(12)19-4)11-17(2)10-6-5-9-16/h7-8H,5-6,10-11H2,1-4H3. The Bertz CT molecular complexity index is 452. The number of nitrogens with zero attached hydrogens (tertiary/aromatic N) is 2. The van der Waals surface area contributed by atoms with Crippen molar-refractivity contribution in [1.82, 2.24) is 4.90 Å². The normalized spacial score (nSPS) is 10.3. The zero-order valence-corrected chi connectivity index (χ0v) is 12.2. The number of unbranched alkanes of at least 4 members (excludes halogenated alkanes) is 1. The molecule has 0 fully saturated rings. The average molecular weight is 262 g/mol. The second kappa shape index (κ2) is 7.65. The van der Waals surface area contributed by atoms with Crippen LogP contribution in [0.25, 0.3) is 0 Å². The van der Waals surface area contributed by atoms with Gasteiger partial charge in [-0.25, -0.2) is 0 Å². The van der Waals surface area contributed by atoms with Crippen LogP contribution in [-0.2, 0) is 6.54 Å². The van der Waals surface area contributed by atoms with Gasteiger partial charge in [-0.15, -0.1) is 0 Å². The van der Waals surface area contributed by atoms with Gasteiger partial charge in [0.05, 0.1) is 20.3 Å². The van der Waals surface area contributed by atoms with E-state index >= 15 is 0 Å². The van der Waals surface area contributed by atoms with E-state index in [9.17, 15) is 0 Å². The first-order valence-corrected chi connectivity index (χ1v) is 6.40. The van der Waals surface area contributed by atoms with Crippen LogP contribution in [0.4, 0.5) is 0 Å². The van der Waals surface area contributed by atoms with E-state index in [2.05, 4.69) is 18.0 Å². The highest BCUT2D eigenvalue weighted by molar-refractivity contribution is 5.49. The lowest BCUT2D eigenvalue weighted by atomic mass is 10.1. The molecule has 0 unspecified atom stereocenters. The van der Waals surface area contributed by atoms with Gasteiger partial charge in [0.1, 0.15) is 11.5 Å². The van der Waals surface area contributed by atoms with Gasteiger partial charge in [-0.3, -0.25) is 0 Å². The zero-order valence-electron chi connectivity index (χ0n) is 12.2. The summed E-state index contributed by atoms with van der Waals surface area (Å²) in [6.45, 7) is 3.71. The lowest BCUT2D eigenvalue weighted by Crippen LogP contribution is -2.19. The van der Waals surface area contributed by atoms with E-state index in [1.165, 1.54) is 0 Å². The van der Waals surface area contributed by atoms with Crippen molar-refractivity contribution < 1.29 is 9.47 Å². The second-order valence-corrected chi connectivity index (χ2v) is 4.58. The molecule has 0 aliphatic heterocycles. The van der Waals surface area contributed by atoms with Gasteiger partial charge in [0.2, 0.25) is 0 Å². The van der Waals surface area contributed by atoms with E-state index in [0.717, 1.165) is 42.1 Å². The van der Waals surface area contributed by atoms with E-state index in [0.29, 0.717) is 6.42 Å². The maximum absolute atomic E-state index is 8.54. The van der Waals surface area contributed by atoms with Crippen LogP contribution in [0, 0.1) is 18.3 Å². The average Bonchev–Trinajstić information content (AvgIpc) is 2.39. The Hall–Kier alpha value is -1.73. The van der Waals surface area contributed by atoms with Crippen molar-refractivity contribution in [3.8, 4) is 17.6 Å². The van der Waals surface area contributed by atoms with E-state index in [-0.39, 0.29) is 0 Å². The predicted molar refractivity (Wildman–Crippen MR) is 75.5 cm³/mol. The number of nitriles is 1. The van der Waals surface area contributed by atoms with Gasteiger partial charge in [0.15, 0.2) is 0 Å². The van der Waals surface area contributed by atoms with Crippen molar-refractivity contribution >= 4 is 0 Å². The molecule has 0 N–H and O–H groups in total. The molecule has 0 atom stereocenters. The molecule has 1 aromatic rings. The van der Waals surface area contributed by atoms with Crippen molar-refractivity contribution in [2.75, 3.05) is 27.8 Å². The van der Waals surface area contributed by atoms with Crippen LogP contribution in [0.15, 0.2) is 12.1 Å². The number of hydrogen-bond donors (Lipinski definition) is 0. The summed E-state index contributed by atoms with van der Waals surface area (Å²) in [6.07, 6.45) is 1.49. The van der Waals surface area contributed by atoms with Gasteiger partial charge < -0.3 is 14.4 Å². The summed E-state index contributed by atoms with van der Waals surface area (Å²) in [7, 11) is 5.40. The summed E-state index contributed by atoms with van der Waals surface area (Å²) < 4.78 is 10.8. The molecule has 0 aliphatic rings. The van der Waals surface area contributed by atoms with Crippen molar-refractivity contribution in [3.05, 3.63) is 23.3 Å². The highest BCUT2D eigenvalue weighted by Crippen LogP contribution is 2.31. The molecular weight excluding hydrogens is 240 g/mol. The van der Waals surface area contributed by atoms with Crippen LogP contribution in [0.1, 0.15) is 24.0 Å². The van der Waals surface area contributed by atoms with Gasteiger partial charge in [-0.05, 0) is 33.0 Å². The molecular formula is C15H22N2O2. The molecule has 0 saturated heterocycles. The molecule has 0 aliphatic carbocycles. The molecule has 4 heteroatoms. The first kappa shape index (κ1) is 15.3. The highest BCUT2D eigenvalue weighted by atomic mass is 16.5. The van der Waals surface area contributed by atoms with Gasteiger partial charge in [0.25, 0.3) is 0 Å². The summed E-state index contributed by atoms with van der Waals surface area (Å²) in [5, 5.41) is 8.54. The number of benzene rings is 1. The maximum Gasteiger partial charge on any atom is 0.129 e. The topological polar surface area (TPSA) is 45.5 Å². The summed E-state index contributed by atoms with van der Waals surface area (Å²) >= 11 is 0. The van der Waals surface area contributed by atoms with Crippen molar-refractivity contribution in [1.29, 1.82) is 5.26 Å². The Morgan fingerprint density at radius 1 is 1.26 bits per heavy atom. The molecule has 0 saturated carbocycles. The second-order valence-electron chi connectivity index (χ2n) is 4.58. The largest absolute Gasteiger partial charge is 0.496 e. The lowest BCUT2D eigenvalue weighted by molar-refractivity contribution is 0.313. The van der Waals surface area contributed by atoms with Crippen LogP contribution in [-0.4, -0.2) is 32.7 Å². The van der Waals surface area contributed by atoms with Crippen LogP contribution >= 0.6 is 0 Å². The first-order chi connectivity index (χ1) is 9.13. The van der Waals surface area contributed by atoms with E-state index in [1.807, 2.05) is 19.1 Å². The Labute approximate surface area is 115 Å². The summed E-state index contributed by atoms with van der Waals surface area (Å²) in [4.78, 5) is 2.20. The third kappa shape index (κ3) is 4.15. The molecule has 0 aromatic heterocycles. The van der Waals surface area contributed by atoms with Crippen molar-refractivity contribution in [2.24, 2.45) is 0 Å². The van der Waals surface area contributed by atoms with Gasteiger partial charge >= 0.3 is 0 Å². The molecule has 1 rings (SSSR count). The fourth-order valence-electron chi connectivity index (χ4n) is 2.16. The first-order valence-electron chi connectivity index (χ1n) is 6.40. The number of methoxy groups -OCH3 is 2. The van der Waals surface area contributed by atoms with Gasteiger partial charge in [0, 0.05) is 24.1 Å². The lowest BCUT2D eigenvalue weighted by Gasteiger charge is -2.20. The van der Waals surface area contributed by atoms with Crippen molar-refractivity contribution in [2.45, 2.75) is 26.3 Å². The summed E-state index contributed by atoms with van der Waals surface area (Å²) in [6, 6.07) is 6.17. The fraction of sp³-hybridized carbons (Fsp3) is 0.533. The summed E-state index contributed by atoms with van der Waals surface area (Å²) in [5.41, 5.74) is 2.16. The Balaban J connectivity index is 2.78. The predicted octanol–water partition coefficient (Wildman–Crippen LogP) is 2.75. The number of rotatable bonds is 7. The van der Waals surface area contributed by atoms with Crippen LogP contribution in [0.5, 0.6) is 11.5 Å². The molecule has 0 spiro atoms. The molecule has 0 bridgehead atoms. The third-order valence-corrected chi connectivity index (χ3v) is 3.13. The fourth-order valence-corrected chi connectivity index (χ4v) is 2.16. The minimum Gasteiger partial charge on any atom is -0.496 e. The molecule has 19 heavy (non-hydrogen) atoms. The Kier molecular flexibility index (Phi) is 6.17. The Morgan fingerprint density at radius 2 is 2.00 bits per heavy atom. The quantitative estimate of drug-likeness (QED) is 0.709. The minimum absolute atomic E-state index is 0.600. The molecule has 0 amide bonds. The van der Waals surface area contributed by atoms with Crippen LogP contribution in [0.3, 0.4) is 0 Å². The van der Waals surface area contributed by atoms with E-state index in [1.54, 1.807) is 14.2 Å². The molecule has 1 aromatic carbocycles. The van der Waals surface area contributed by atoms with Gasteiger partial charge in [-0.2, -0.15) is 5.26 Å². The maximum atomic E-state index is 8.54. The van der Waals surface area contributed by atoms with E-state index in [4.69, 9.17) is 14.7 Å². The molecule has 104 valence electrons. The molecule has 0 heterocycles. The smallest absolute Gasteiger partial charge is 0.129 e. The van der Waals surface area contributed by atoms with Crippen LogP contribution in [0.2, 0.25) is 0 Å². The summed E-state index contributed by atoms with van der Waals surface area (Å²) in [5.74, 6) is 1.72. The SMILES string of the molecule is COc1ccc(CN(C)CCCC#N)c(OC)c1C. The molecule has 0 radical (unpaired) electrons. The van der Waals surface area contributed by atoms with E-state index < -0.39 is 0 Å². The Morgan fingerprint density at radius 3 is 2.58 bits per heavy atom. The van der Waals surface area contributed by atoms with Crippen molar-refractivity contribution in [3.63, 3.8) is 0 Å². The number of hydrogen-bond acceptors (Lipinski definition) is 4. The highest BCUT2D eigenvalue weighted by Gasteiger charge is 2.12. The number of ether oxygens (including phenoxy) is 2. The monoisotopic (exact) mass is 262 g/mol. The van der Waals surface area contributed by atoms with Gasteiger partial charge in [-0.1, -0.05) is 6.07 Å². The third-order valence-electron chi connectivity index (χ3n) is 3.13.